The van der Waals surface area contributed by atoms with Gasteiger partial charge in [0.1, 0.15) is 0 Å². The average molecular weight is 200 g/mol. The van der Waals surface area contributed by atoms with Crippen LogP contribution in [0.3, 0.4) is 0 Å². The summed E-state index contributed by atoms with van der Waals surface area (Å²) < 4.78 is 0. The molecule has 0 bridgehead atoms. The first-order valence-electron chi connectivity index (χ1n) is 4.51. The Morgan fingerprint density at radius 2 is 2.40 bits per heavy atom. The van der Waals surface area contributed by atoms with E-state index in [0.29, 0.717) is 12.0 Å². The maximum absolute atomic E-state index is 9.79. The Bertz CT molecular complexity index is 485. The van der Waals surface area contributed by atoms with Crippen LogP contribution in [0.15, 0.2) is 23.3 Å². The fourth-order valence-electron chi connectivity index (χ4n) is 1.86. The van der Waals surface area contributed by atoms with E-state index < -0.39 is 12.1 Å². The van der Waals surface area contributed by atoms with Gasteiger partial charge in [0, 0.05) is 4.91 Å². The maximum Gasteiger partial charge on any atom is 0.0991 e. The normalized spacial score (nSPS) is 22.7. The molecule has 15 heavy (non-hydrogen) atoms. The molecule has 1 aliphatic carbocycles. The highest BCUT2D eigenvalue weighted by Gasteiger charge is 2.30. The van der Waals surface area contributed by atoms with E-state index in [4.69, 9.17) is 10.8 Å². The van der Waals surface area contributed by atoms with Gasteiger partial charge in [0.2, 0.25) is 0 Å². The summed E-state index contributed by atoms with van der Waals surface area (Å²) >= 11 is 0. The summed E-state index contributed by atoms with van der Waals surface area (Å²) in [6, 6.07) is 6.68. The Labute approximate surface area is 86.2 Å². The third kappa shape index (κ3) is 1.52. The van der Waals surface area contributed by atoms with Gasteiger partial charge >= 0.3 is 0 Å². The van der Waals surface area contributed by atoms with Crippen molar-refractivity contribution < 1.29 is 5.11 Å². The fraction of sp³-hybridized carbons (Fsp3) is 0.300. The van der Waals surface area contributed by atoms with Crippen molar-refractivity contribution in [1.29, 1.82) is 5.26 Å². The summed E-state index contributed by atoms with van der Waals surface area (Å²) in [5.41, 5.74) is 10.5. The number of rotatable bonds is 1. The number of aliphatic hydroxyl groups is 1. The van der Waals surface area contributed by atoms with E-state index in [0.717, 1.165) is 11.1 Å². The van der Waals surface area contributed by atoms with Crippen LogP contribution in [0, 0.1) is 11.3 Å². The van der Waals surface area contributed by atoms with E-state index in [1.54, 1.807) is 18.2 Å². The minimum Gasteiger partial charge on any atom is -0.388 e. The molecule has 74 valence electrons. The number of hydrogen-bond donors (Lipinski definition) is 1. The SMILES string of the molecule is N#Cc1ccc2c(c1)C[C@@H](N=[N+]=[N-])[C@H]2O. The van der Waals surface area contributed by atoms with Crippen LogP contribution in [-0.4, -0.2) is 11.1 Å². The first-order chi connectivity index (χ1) is 7.26. The summed E-state index contributed by atoms with van der Waals surface area (Å²) in [5, 5.41) is 22.0. The molecule has 2 atom stereocenters. The lowest BCUT2D eigenvalue weighted by molar-refractivity contribution is 0.159. The molecule has 0 aromatic heterocycles. The second-order valence-electron chi connectivity index (χ2n) is 3.45. The lowest BCUT2D eigenvalue weighted by Crippen LogP contribution is -2.09. The summed E-state index contributed by atoms with van der Waals surface area (Å²) in [6.07, 6.45) is -0.251. The van der Waals surface area contributed by atoms with Crippen LogP contribution in [0.1, 0.15) is 22.8 Å². The zero-order valence-electron chi connectivity index (χ0n) is 7.83. The Balaban J connectivity index is 2.41. The quantitative estimate of drug-likeness (QED) is 0.425. The van der Waals surface area contributed by atoms with Crippen LogP contribution in [-0.2, 0) is 6.42 Å². The van der Waals surface area contributed by atoms with Crippen molar-refractivity contribution >= 4 is 0 Å². The molecule has 2 rings (SSSR count). The van der Waals surface area contributed by atoms with Gasteiger partial charge in [-0.25, -0.2) is 0 Å². The monoisotopic (exact) mass is 200 g/mol. The standard InChI is InChI=1S/C10H8N4O/c11-5-6-1-2-8-7(3-6)4-9(10(8)15)13-14-12/h1-3,9-10,15H,4H2/t9-,10+/m1/s1. The van der Waals surface area contributed by atoms with Crippen molar-refractivity contribution in [2.75, 3.05) is 0 Å². The summed E-state index contributed by atoms with van der Waals surface area (Å²) in [6.45, 7) is 0. The number of nitrogens with zero attached hydrogens (tertiary/aromatic N) is 4. The Kier molecular flexibility index (Phi) is 2.30. The molecular weight excluding hydrogens is 192 g/mol. The Morgan fingerprint density at radius 1 is 1.60 bits per heavy atom. The van der Waals surface area contributed by atoms with Gasteiger partial charge < -0.3 is 5.11 Å². The molecule has 0 aliphatic heterocycles. The van der Waals surface area contributed by atoms with Crippen molar-refractivity contribution in [3.63, 3.8) is 0 Å². The van der Waals surface area contributed by atoms with Gasteiger partial charge in [-0.1, -0.05) is 11.2 Å². The van der Waals surface area contributed by atoms with E-state index in [1.807, 2.05) is 6.07 Å². The third-order valence-electron chi connectivity index (χ3n) is 2.58. The van der Waals surface area contributed by atoms with Crippen LogP contribution < -0.4 is 0 Å². The predicted molar refractivity (Wildman–Crippen MR) is 52.8 cm³/mol. The molecule has 1 aromatic carbocycles. The smallest absolute Gasteiger partial charge is 0.0991 e. The van der Waals surface area contributed by atoms with Gasteiger partial charge in [0.15, 0.2) is 0 Å². The molecule has 5 nitrogen and oxygen atoms in total. The number of benzene rings is 1. The van der Waals surface area contributed by atoms with Gasteiger partial charge in [-0.2, -0.15) is 5.26 Å². The number of fused-ring (bicyclic) bond motifs is 1. The van der Waals surface area contributed by atoms with Crippen LogP contribution >= 0.6 is 0 Å². The molecule has 1 N–H and O–H groups in total. The predicted octanol–water partition coefficient (Wildman–Crippen LogP) is 1.83. The van der Waals surface area contributed by atoms with Crippen molar-refractivity contribution in [2.45, 2.75) is 18.6 Å². The second kappa shape index (κ2) is 3.62. The van der Waals surface area contributed by atoms with E-state index in [2.05, 4.69) is 10.0 Å². The highest BCUT2D eigenvalue weighted by molar-refractivity contribution is 5.43. The molecule has 0 amide bonds. The second-order valence-corrected chi connectivity index (χ2v) is 3.45. The van der Waals surface area contributed by atoms with Gasteiger partial charge in [-0.15, -0.1) is 0 Å². The van der Waals surface area contributed by atoms with Crippen molar-refractivity contribution in [3.8, 4) is 6.07 Å². The Morgan fingerprint density at radius 3 is 3.07 bits per heavy atom. The molecule has 0 fully saturated rings. The molecule has 1 aromatic rings. The van der Waals surface area contributed by atoms with Crippen LogP contribution in [0.2, 0.25) is 0 Å². The molecule has 1 aliphatic rings. The van der Waals surface area contributed by atoms with Crippen molar-refractivity contribution in [3.05, 3.63) is 45.3 Å². The summed E-state index contributed by atoms with van der Waals surface area (Å²) in [5.74, 6) is 0. The largest absolute Gasteiger partial charge is 0.388 e. The highest BCUT2D eigenvalue weighted by Crippen LogP contribution is 2.33. The number of azide groups is 1. The third-order valence-corrected chi connectivity index (χ3v) is 2.58. The molecular formula is C10H8N4O. The van der Waals surface area contributed by atoms with Crippen LogP contribution in [0.25, 0.3) is 10.4 Å². The molecule has 5 heteroatoms. The molecule has 0 unspecified atom stereocenters. The van der Waals surface area contributed by atoms with Gasteiger partial charge in [-0.05, 0) is 35.2 Å². The molecule has 0 heterocycles. The van der Waals surface area contributed by atoms with Crippen LogP contribution in [0.5, 0.6) is 0 Å². The minimum absolute atomic E-state index is 0.445. The van der Waals surface area contributed by atoms with Crippen LogP contribution in [0.4, 0.5) is 0 Å². The van der Waals surface area contributed by atoms with Gasteiger partial charge in [0.25, 0.3) is 0 Å². The lowest BCUT2D eigenvalue weighted by Gasteiger charge is -2.07. The lowest BCUT2D eigenvalue weighted by atomic mass is 10.1. The minimum atomic E-state index is -0.747. The van der Waals surface area contributed by atoms with Crippen molar-refractivity contribution in [2.24, 2.45) is 5.11 Å². The van der Waals surface area contributed by atoms with E-state index in [1.165, 1.54) is 0 Å². The topological polar surface area (TPSA) is 92.8 Å². The van der Waals surface area contributed by atoms with Gasteiger partial charge in [0.05, 0.1) is 23.8 Å². The number of nitriles is 1. The molecule has 0 radical (unpaired) electrons. The molecule has 0 spiro atoms. The molecule has 0 saturated heterocycles. The van der Waals surface area contributed by atoms with Gasteiger partial charge in [-0.3, -0.25) is 0 Å². The van der Waals surface area contributed by atoms with Crippen molar-refractivity contribution in [1.82, 2.24) is 0 Å². The first-order valence-corrected chi connectivity index (χ1v) is 4.51. The van der Waals surface area contributed by atoms with E-state index in [9.17, 15) is 5.11 Å². The first kappa shape index (κ1) is 9.53. The zero-order valence-corrected chi connectivity index (χ0v) is 7.83. The Hall–Kier alpha value is -2.02. The van der Waals surface area contributed by atoms with E-state index in [-0.39, 0.29) is 0 Å². The number of aliphatic hydroxyl groups excluding tert-OH is 1. The average Bonchev–Trinajstić information content (AvgIpc) is 2.56. The zero-order chi connectivity index (χ0) is 10.8. The fourth-order valence-corrected chi connectivity index (χ4v) is 1.86. The van der Waals surface area contributed by atoms with E-state index >= 15 is 0 Å². The maximum atomic E-state index is 9.79. The highest BCUT2D eigenvalue weighted by atomic mass is 16.3. The summed E-state index contributed by atoms with van der Waals surface area (Å²) in [4.78, 5) is 2.69. The number of hydrogen-bond acceptors (Lipinski definition) is 3. The summed E-state index contributed by atoms with van der Waals surface area (Å²) in [7, 11) is 0. The molecule has 0 saturated carbocycles.